The van der Waals surface area contributed by atoms with Gasteiger partial charge in [0.25, 0.3) is 5.91 Å². The molecule has 178 valence electrons. The van der Waals surface area contributed by atoms with Crippen LogP contribution in [-0.2, 0) is 13.0 Å². The largest absolute Gasteiger partial charge is 0.476 e. The first-order chi connectivity index (χ1) is 17.0. The third-order valence-electron chi connectivity index (χ3n) is 5.86. The van der Waals surface area contributed by atoms with Crippen LogP contribution in [0, 0.1) is 5.92 Å². The van der Waals surface area contributed by atoms with Crippen molar-refractivity contribution in [1.82, 2.24) is 25.2 Å². The third kappa shape index (κ3) is 4.83. The number of nitrogens with zero attached hydrogens (tertiary/aromatic N) is 5. The number of nitrogens with one attached hydrogen (secondary N) is 1. The summed E-state index contributed by atoms with van der Waals surface area (Å²) in [4.78, 5) is 29.1. The maximum atomic E-state index is 12.6. The first-order valence-corrected chi connectivity index (χ1v) is 12.3. The van der Waals surface area contributed by atoms with Crippen LogP contribution in [0.25, 0.3) is 22.5 Å². The van der Waals surface area contributed by atoms with Crippen molar-refractivity contribution in [1.29, 1.82) is 0 Å². The predicted molar refractivity (Wildman–Crippen MR) is 132 cm³/mol. The number of aromatic nitrogens is 5. The molecular formula is C25H24N6O3S. The Kier molecular flexibility index (Phi) is 6.37. The minimum Gasteiger partial charge on any atom is -0.476 e. The van der Waals surface area contributed by atoms with Crippen molar-refractivity contribution < 1.29 is 14.7 Å². The summed E-state index contributed by atoms with van der Waals surface area (Å²) in [5, 5.41) is 25.1. The minimum atomic E-state index is -0.995. The summed E-state index contributed by atoms with van der Waals surface area (Å²) in [5.41, 5.74) is 3.87. The molecule has 0 aliphatic heterocycles. The zero-order valence-corrected chi connectivity index (χ0v) is 20.0. The van der Waals surface area contributed by atoms with E-state index in [1.807, 2.05) is 55.5 Å². The van der Waals surface area contributed by atoms with Crippen molar-refractivity contribution in [3.63, 3.8) is 0 Å². The Morgan fingerprint density at radius 1 is 1.11 bits per heavy atom. The number of carboxylic acids is 1. The van der Waals surface area contributed by atoms with Gasteiger partial charge in [-0.05, 0) is 46.4 Å². The molecule has 0 atom stereocenters. The molecule has 0 spiro atoms. The SMILES string of the molecule is CCCc1sc(NCc2ccc(-c3ccccc3-c3nnnn3C(=O)C3CC3)cc2)nc1C(=O)O. The molecule has 1 aliphatic rings. The molecule has 35 heavy (non-hydrogen) atoms. The molecule has 4 aromatic rings. The highest BCUT2D eigenvalue weighted by Crippen LogP contribution is 2.34. The normalized spacial score (nSPS) is 13.1. The van der Waals surface area contributed by atoms with Crippen molar-refractivity contribution >= 4 is 28.3 Å². The maximum Gasteiger partial charge on any atom is 0.355 e. The van der Waals surface area contributed by atoms with E-state index in [-0.39, 0.29) is 17.5 Å². The molecule has 1 fully saturated rings. The van der Waals surface area contributed by atoms with Gasteiger partial charge in [-0.2, -0.15) is 4.68 Å². The van der Waals surface area contributed by atoms with Crippen molar-refractivity contribution in [3.8, 4) is 22.5 Å². The lowest BCUT2D eigenvalue weighted by Crippen LogP contribution is -2.16. The van der Waals surface area contributed by atoms with Crippen LogP contribution in [0.5, 0.6) is 0 Å². The van der Waals surface area contributed by atoms with E-state index in [2.05, 4.69) is 25.8 Å². The number of carbonyl (C=O) groups excluding carboxylic acids is 1. The Balaban J connectivity index is 1.34. The van der Waals surface area contributed by atoms with Gasteiger partial charge in [-0.15, -0.1) is 16.4 Å². The fourth-order valence-electron chi connectivity index (χ4n) is 3.91. The van der Waals surface area contributed by atoms with Crippen LogP contribution in [0.3, 0.4) is 0 Å². The zero-order valence-electron chi connectivity index (χ0n) is 19.1. The van der Waals surface area contributed by atoms with Gasteiger partial charge in [0.15, 0.2) is 16.6 Å². The van der Waals surface area contributed by atoms with E-state index in [0.717, 1.165) is 46.4 Å². The number of hydrogen-bond donors (Lipinski definition) is 2. The van der Waals surface area contributed by atoms with Crippen LogP contribution in [0.15, 0.2) is 48.5 Å². The molecule has 9 nitrogen and oxygen atoms in total. The van der Waals surface area contributed by atoms with Crippen molar-refractivity contribution in [2.24, 2.45) is 5.92 Å². The lowest BCUT2D eigenvalue weighted by molar-refractivity contribution is 0.0690. The Hall–Kier alpha value is -3.92. The Bertz CT molecular complexity index is 1370. The molecule has 2 heterocycles. The van der Waals surface area contributed by atoms with Gasteiger partial charge in [0.1, 0.15) is 0 Å². The van der Waals surface area contributed by atoms with E-state index < -0.39 is 5.97 Å². The number of hydrogen-bond acceptors (Lipinski definition) is 8. The van der Waals surface area contributed by atoms with Crippen LogP contribution in [0.2, 0.25) is 0 Å². The topological polar surface area (TPSA) is 123 Å². The number of tetrazole rings is 1. The molecule has 2 aromatic heterocycles. The molecule has 1 saturated carbocycles. The Labute approximate surface area is 205 Å². The zero-order chi connectivity index (χ0) is 24.4. The number of thiazole rings is 1. The quantitative estimate of drug-likeness (QED) is 0.323. The van der Waals surface area contributed by atoms with E-state index >= 15 is 0 Å². The van der Waals surface area contributed by atoms with Gasteiger partial charge in [0.2, 0.25) is 0 Å². The van der Waals surface area contributed by atoms with Crippen LogP contribution >= 0.6 is 11.3 Å². The van der Waals surface area contributed by atoms with Crippen molar-refractivity contribution in [2.75, 3.05) is 5.32 Å². The molecule has 0 unspecified atom stereocenters. The van der Waals surface area contributed by atoms with Gasteiger partial charge in [-0.25, -0.2) is 9.78 Å². The van der Waals surface area contributed by atoms with Gasteiger partial charge >= 0.3 is 5.97 Å². The number of carboxylic acid groups (broad SMARTS) is 1. The number of aryl methyl sites for hydroxylation is 1. The highest BCUT2D eigenvalue weighted by Gasteiger charge is 2.33. The van der Waals surface area contributed by atoms with Crippen LogP contribution in [0.1, 0.15) is 51.9 Å². The average molecular weight is 489 g/mol. The standard InChI is InChI=1S/C25H24N6O3S/c1-2-5-20-21(24(33)34)27-25(35-20)26-14-15-8-10-16(11-9-15)18-6-3-4-7-19(18)22-28-29-30-31(22)23(32)17-12-13-17/h3-4,6-11,17H,2,5,12-14H2,1H3,(H,26,27)(H,33,34). The van der Waals surface area contributed by atoms with Gasteiger partial charge in [-0.3, -0.25) is 4.79 Å². The second-order valence-corrected chi connectivity index (χ2v) is 9.55. The molecular weight excluding hydrogens is 464 g/mol. The van der Waals surface area contributed by atoms with E-state index in [1.165, 1.54) is 16.0 Å². The van der Waals surface area contributed by atoms with Crippen molar-refractivity contribution in [3.05, 3.63) is 64.7 Å². The Morgan fingerprint density at radius 2 is 1.86 bits per heavy atom. The number of benzene rings is 2. The van der Waals surface area contributed by atoms with Crippen molar-refractivity contribution in [2.45, 2.75) is 39.2 Å². The number of anilines is 1. The minimum absolute atomic E-state index is 0.0126. The summed E-state index contributed by atoms with van der Waals surface area (Å²) < 4.78 is 1.32. The second kappa shape index (κ2) is 9.75. The van der Waals surface area contributed by atoms with E-state index in [0.29, 0.717) is 23.9 Å². The molecule has 2 aromatic carbocycles. The second-order valence-electron chi connectivity index (χ2n) is 8.47. The molecule has 5 rings (SSSR count). The van der Waals surface area contributed by atoms with E-state index in [4.69, 9.17) is 0 Å². The average Bonchev–Trinajstić information content (AvgIpc) is 3.46. The van der Waals surface area contributed by atoms with Gasteiger partial charge < -0.3 is 10.4 Å². The lowest BCUT2D eigenvalue weighted by atomic mass is 9.98. The summed E-state index contributed by atoms with van der Waals surface area (Å²) in [7, 11) is 0. The van der Waals surface area contributed by atoms with Gasteiger partial charge in [0.05, 0.1) is 0 Å². The lowest BCUT2D eigenvalue weighted by Gasteiger charge is -2.10. The Morgan fingerprint density at radius 3 is 2.54 bits per heavy atom. The fraction of sp³-hybridized carbons (Fsp3) is 0.280. The summed E-state index contributed by atoms with van der Waals surface area (Å²) in [6.45, 7) is 2.54. The van der Waals surface area contributed by atoms with Gasteiger partial charge in [0, 0.05) is 22.9 Å². The highest BCUT2D eigenvalue weighted by molar-refractivity contribution is 7.15. The van der Waals surface area contributed by atoms with Crippen LogP contribution in [-0.4, -0.2) is 42.2 Å². The summed E-state index contributed by atoms with van der Waals surface area (Å²) in [5.74, 6) is -0.593. The molecule has 2 N–H and O–H groups in total. The van der Waals surface area contributed by atoms with Crippen LogP contribution in [0.4, 0.5) is 5.13 Å². The first-order valence-electron chi connectivity index (χ1n) is 11.5. The fourth-order valence-corrected chi connectivity index (χ4v) is 4.96. The molecule has 10 heteroatoms. The summed E-state index contributed by atoms with van der Waals surface area (Å²) in [6, 6.07) is 15.8. The van der Waals surface area contributed by atoms with E-state index in [1.54, 1.807) is 0 Å². The summed E-state index contributed by atoms with van der Waals surface area (Å²) >= 11 is 1.39. The highest BCUT2D eigenvalue weighted by atomic mass is 32.1. The monoisotopic (exact) mass is 488 g/mol. The molecule has 0 amide bonds. The maximum absolute atomic E-state index is 12.6. The predicted octanol–water partition coefficient (Wildman–Crippen LogP) is 4.78. The molecule has 0 radical (unpaired) electrons. The summed E-state index contributed by atoms with van der Waals surface area (Å²) in [6.07, 6.45) is 3.33. The van der Waals surface area contributed by atoms with Crippen LogP contribution < -0.4 is 5.32 Å². The number of aromatic carboxylic acids is 1. The van der Waals surface area contributed by atoms with E-state index in [9.17, 15) is 14.7 Å². The smallest absolute Gasteiger partial charge is 0.355 e. The van der Waals surface area contributed by atoms with Gasteiger partial charge in [-0.1, -0.05) is 61.9 Å². The number of rotatable bonds is 9. The molecule has 0 bridgehead atoms. The number of carbonyl (C=O) groups is 2. The molecule has 1 aliphatic carbocycles. The third-order valence-corrected chi connectivity index (χ3v) is 6.93. The first kappa shape index (κ1) is 22.9. The molecule has 0 saturated heterocycles.